The molecule has 4 rings (SSSR count). The van der Waals surface area contributed by atoms with Crippen molar-refractivity contribution in [2.24, 2.45) is 0 Å². The van der Waals surface area contributed by atoms with Crippen molar-refractivity contribution in [1.82, 2.24) is 9.88 Å². The molecule has 0 radical (unpaired) electrons. The smallest absolute Gasteiger partial charge is 0.262 e. The van der Waals surface area contributed by atoms with Gasteiger partial charge in [-0.3, -0.25) is 24.3 Å². The maximum Gasteiger partial charge on any atom is 0.262 e. The zero-order valence-electron chi connectivity index (χ0n) is 12.4. The fraction of sp³-hybridized carbons (Fsp3) is 0.188. The lowest BCUT2D eigenvalue weighted by molar-refractivity contribution is 0.0880. The quantitative estimate of drug-likeness (QED) is 0.794. The van der Waals surface area contributed by atoms with E-state index in [4.69, 9.17) is 5.73 Å². The molecule has 2 aromatic rings. The summed E-state index contributed by atoms with van der Waals surface area (Å²) < 4.78 is 1.62. The number of nitrogens with zero attached hydrogens (tertiary/aromatic N) is 1. The Labute approximate surface area is 145 Å². The number of amides is 2. The number of nitrogens with one attached hydrogen (secondary N) is 1. The fourth-order valence-corrected chi connectivity index (χ4v) is 5.75. The number of anilines is 1. The number of hydrogen-bond acceptors (Lipinski definition) is 6. The number of nitrogens with two attached hydrogens (primary N) is 1. The van der Waals surface area contributed by atoms with Crippen LogP contribution in [0.5, 0.6) is 0 Å². The number of thioether (sulfide) groups is 2. The highest BCUT2D eigenvalue weighted by molar-refractivity contribution is 8.19. The lowest BCUT2D eigenvalue weighted by Gasteiger charge is -2.14. The van der Waals surface area contributed by atoms with Crippen LogP contribution in [0, 0.1) is 0 Å². The monoisotopic (exact) mass is 359 g/mol. The highest BCUT2D eigenvalue weighted by atomic mass is 32.2. The summed E-state index contributed by atoms with van der Waals surface area (Å²) >= 11 is 3.73. The molecular weight excluding hydrogens is 346 g/mol. The Kier molecular flexibility index (Phi) is 3.65. The van der Waals surface area contributed by atoms with Gasteiger partial charge in [0.05, 0.1) is 21.4 Å². The average Bonchev–Trinajstić information content (AvgIpc) is 3.17. The van der Waals surface area contributed by atoms with Gasteiger partial charge < -0.3 is 5.73 Å². The van der Waals surface area contributed by atoms with E-state index >= 15 is 0 Å². The Balaban J connectivity index is 1.87. The molecule has 3 heterocycles. The summed E-state index contributed by atoms with van der Waals surface area (Å²) in [6.07, 6.45) is 0. The van der Waals surface area contributed by atoms with Gasteiger partial charge in [-0.15, -0.1) is 23.5 Å². The zero-order valence-corrected chi connectivity index (χ0v) is 14.1. The third-order valence-corrected chi connectivity index (χ3v) is 7.08. The van der Waals surface area contributed by atoms with Crippen molar-refractivity contribution >= 4 is 41.2 Å². The molecule has 2 amide bonds. The van der Waals surface area contributed by atoms with Crippen molar-refractivity contribution in [3.05, 3.63) is 57.4 Å². The summed E-state index contributed by atoms with van der Waals surface area (Å²) in [4.78, 5) is 36.1. The predicted octanol–water partition coefficient (Wildman–Crippen LogP) is 1.78. The molecule has 6 nitrogen and oxygen atoms in total. The number of aromatic nitrogens is 1. The van der Waals surface area contributed by atoms with Gasteiger partial charge in [0.1, 0.15) is 5.82 Å². The van der Waals surface area contributed by atoms with Crippen LogP contribution < -0.4 is 16.6 Å². The van der Waals surface area contributed by atoms with Crippen LogP contribution >= 0.6 is 23.5 Å². The van der Waals surface area contributed by atoms with E-state index in [1.165, 1.54) is 4.57 Å². The number of rotatable bonds is 2. The zero-order chi connectivity index (χ0) is 16.8. The summed E-state index contributed by atoms with van der Waals surface area (Å²) in [7, 11) is 0. The summed E-state index contributed by atoms with van der Waals surface area (Å²) in [6.45, 7) is 0. The molecule has 122 valence electrons. The van der Waals surface area contributed by atoms with Gasteiger partial charge in [0.2, 0.25) is 0 Å². The minimum atomic E-state index is -0.585. The van der Waals surface area contributed by atoms with Gasteiger partial charge in [-0.2, -0.15) is 0 Å². The van der Waals surface area contributed by atoms with Crippen LogP contribution in [-0.4, -0.2) is 27.9 Å². The van der Waals surface area contributed by atoms with Crippen LogP contribution in [0.4, 0.5) is 5.82 Å². The van der Waals surface area contributed by atoms with Crippen LogP contribution in [-0.2, 0) is 0 Å². The van der Waals surface area contributed by atoms with Crippen molar-refractivity contribution < 1.29 is 9.59 Å². The van der Waals surface area contributed by atoms with E-state index in [1.54, 1.807) is 6.07 Å². The second-order valence-corrected chi connectivity index (χ2v) is 8.17. The number of nitrogen functional groups attached to an aromatic ring is 1. The molecule has 8 heteroatoms. The lowest BCUT2D eigenvalue weighted by Crippen LogP contribution is -2.24. The highest BCUT2D eigenvalue weighted by Gasteiger charge is 2.32. The predicted molar refractivity (Wildman–Crippen MR) is 95.9 cm³/mol. The van der Waals surface area contributed by atoms with E-state index in [1.807, 2.05) is 41.7 Å². The van der Waals surface area contributed by atoms with Crippen molar-refractivity contribution in [2.75, 3.05) is 17.2 Å². The lowest BCUT2D eigenvalue weighted by atomic mass is 10.1. The Morgan fingerprint density at radius 2 is 1.83 bits per heavy atom. The minimum absolute atomic E-state index is 0.00951. The standard InChI is InChI=1S/C16H13N3O3S2/c17-13-12-10(14(21)18-15(12)22)7-11(20)19(13)9-3-1-2-8(6-9)16-23-4-5-24-16/h1-3,6-7,16H,4-5,17H2,(H,18,21,22). The van der Waals surface area contributed by atoms with Crippen LogP contribution in [0.15, 0.2) is 35.1 Å². The van der Waals surface area contributed by atoms with E-state index in [9.17, 15) is 14.4 Å². The number of imide groups is 1. The van der Waals surface area contributed by atoms with Gasteiger partial charge >= 0.3 is 0 Å². The first-order chi connectivity index (χ1) is 11.6. The molecule has 1 fully saturated rings. The summed E-state index contributed by atoms with van der Waals surface area (Å²) in [6, 6.07) is 8.73. The molecule has 2 aliphatic heterocycles. The average molecular weight is 359 g/mol. The van der Waals surface area contributed by atoms with Crippen LogP contribution in [0.25, 0.3) is 5.69 Å². The molecule has 0 unspecified atom stereocenters. The fourth-order valence-electron chi connectivity index (χ4n) is 2.91. The van der Waals surface area contributed by atoms with Gasteiger partial charge in [0, 0.05) is 17.6 Å². The van der Waals surface area contributed by atoms with Gasteiger partial charge in [0.25, 0.3) is 17.4 Å². The third-order valence-electron chi connectivity index (χ3n) is 3.98. The van der Waals surface area contributed by atoms with Gasteiger partial charge in [-0.25, -0.2) is 0 Å². The molecule has 1 saturated heterocycles. The molecule has 24 heavy (non-hydrogen) atoms. The normalized spacial score (nSPS) is 17.2. The van der Waals surface area contributed by atoms with E-state index in [-0.39, 0.29) is 16.9 Å². The van der Waals surface area contributed by atoms with E-state index < -0.39 is 17.4 Å². The maximum atomic E-state index is 12.5. The first-order valence-electron chi connectivity index (χ1n) is 7.31. The molecule has 2 aliphatic rings. The Hall–Kier alpha value is -2.19. The molecule has 0 spiro atoms. The highest BCUT2D eigenvalue weighted by Crippen LogP contribution is 2.45. The van der Waals surface area contributed by atoms with Crippen molar-refractivity contribution in [3.8, 4) is 5.69 Å². The van der Waals surface area contributed by atoms with Crippen molar-refractivity contribution in [1.29, 1.82) is 0 Å². The molecule has 3 N–H and O–H groups in total. The van der Waals surface area contributed by atoms with Gasteiger partial charge in [0.15, 0.2) is 0 Å². The van der Waals surface area contributed by atoms with Crippen molar-refractivity contribution in [3.63, 3.8) is 0 Å². The topological polar surface area (TPSA) is 94.2 Å². The second kappa shape index (κ2) is 5.71. The second-order valence-electron chi connectivity index (χ2n) is 5.44. The molecule has 0 atom stereocenters. The first kappa shape index (κ1) is 15.3. The number of pyridine rings is 1. The van der Waals surface area contributed by atoms with Gasteiger partial charge in [-0.1, -0.05) is 12.1 Å². The number of hydrogen-bond donors (Lipinski definition) is 2. The summed E-state index contributed by atoms with van der Waals surface area (Å²) in [5.74, 6) is 1.04. The van der Waals surface area contributed by atoms with E-state index in [0.717, 1.165) is 23.1 Å². The Bertz CT molecular complexity index is 933. The number of fused-ring (bicyclic) bond motifs is 1. The number of benzene rings is 1. The molecule has 0 saturated carbocycles. The molecule has 1 aromatic heterocycles. The third kappa shape index (κ3) is 2.33. The molecule has 1 aromatic carbocycles. The van der Waals surface area contributed by atoms with Gasteiger partial charge in [-0.05, 0) is 17.7 Å². The maximum absolute atomic E-state index is 12.5. The van der Waals surface area contributed by atoms with E-state index in [0.29, 0.717) is 10.3 Å². The van der Waals surface area contributed by atoms with Crippen LogP contribution in [0.1, 0.15) is 30.9 Å². The van der Waals surface area contributed by atoms with Crippen LogP contribution in [0.3, 0.4) is 0 Å². The molecule has 0 aliphatic carbocycles. The SMILES string of the molecule is Nc1c2c(cc(=O)n1-c1cccc(C3SCCS3)c1)C(=O)NC2=O. The minimum Gasteiger partial charge on any atom is -0.384 e. The van der Waals surface area contributed by atoms with E-state index in [2.05, 4.69) is 5.32 Å². The summed E-state index contributed by atoms with van der Waals surface area (Å²) in [5, 5.41) is 2.17. The largest absolute Gasteiger partial charge is 0.384 e. The number of carbonyl (C=O) groups is 2. The Morgan fingerprint density at radius 1 is 1.08 bits per heavy atom. The number of carbonyl (C=O) groups excluding carboxylic acids is 2. The molecular formula is C16H13N3O3S2. The first-order valence-corrected chi connectivity index (χ1v) is 9.41. The Morgan fingerprint density at radius 3 is 2.58 bits per heavy atom. The van der Waals surface area contributed by atoms with Crippen LogP contribution in [0.2, 0.25) is 0 Å². The summed E-state index contributed by atoms with van der Waals surface area (Å²) in [5.41, 5.74) is 7.44. The van der Waals surface area contributed by atoms with Crippen molar-refractivity contribution in [2.45, 2.75) is 4.58 Å². The molecule has 0 bridgehead atoms.